The lowest BCUT2D eigenvalue weighted by Gasteiger charge is -2.26. The number of aromatic nitrogens is 14. The molecule has 117 heavy (non-hydrogen) atoms. The Bertz CT molecular complexity index is 5040. The van der Waals surface area contributed by atoms with E-state index in [0.29, 0.717) is 87.6 Å². The van der Waals surface area contributed by atoms with Gasteiger partial charge in [-0.05, 0) is 104 Å². The Morgan fingerprint density at radius 1 is 0.453 bits per heavy atom. The molecule has 9 aromatic rings. The van der Waals surface area contributed by atoms with Crippen LogP contribution in [0.25, 0.3) is 44.1 Å². The summed E-state index contributed by atoms with van der Waals surface area (Å²) in [6.45, 7) is 9.93. The SMILES string of the molecule is CNC(=O)c1cn(C2CCCCC2)c2nc(NCCCN(C)C)ncc2c1=O.CNC(=O)c1cn(C2CCCCC2)c2nc(NCCCN3CCOCC3)ncc2c1=O.CNC(=O)c1cn(C2CCCCC2)c2nc(NCCCOC)ncc2c1=O.CONC(=O)c1cn(C2CCCCC2)c2nc(NCCCn3ccnc3)ncc2c1=O. The number of aryl methyl sites for hydroxylation is 1. The zero-order valence-corrected chi connectivity index (χ0v) is 68.8. The molecule has 10 heterocycles. The molecule has 0 radical (unpaired) electrons. The van der Waals surface area contributed by atoms with Gasteiger partial charge in [-0.2, -0.15) is 19.9 Å². The lowest BCUT2D eigenvalue weighted by molar-refractivity contribution is 0.0378. The third-order valence-electron chi connectivity index (χ3n) is 22.2. The van der Waals surface area contributed by atoms with Crippen LogP contribution in [0, 0.1) is 0 Å². The Labute approximate surface area is 680 Å². The number of hydroxylamine groups is 1. The maximum atomic E-state index is 12.9. The molecule has 5 fully saturated rings. The number of ether oxygens (including phenoxy) is 2. The second-order valence-corrected chi connectivity index (χ2v) is 30.6. The summed E-state index contributed by atoms with van der Waals surface area (Å²) in [5.41, 5.74) is 3.70. The summed E-state index contributed by atoms with van der Waals surface area (Å²) < 4.78 is 20.5. The monoisotopic (exact) mass is 1610 g/mol. The number of hydrogen-bond donors (Lipinski definition) is 8. The van der Waals surface area contributed by atoms with Crippen molar-refractivity contribution in [3.63, 3.8) is 0 Å². The molecule has 1 aliphatic heterocycles. The number of carbonyl (C=O) groups is 4. The largest absolute Gasteiger partial charge is 0.385 e. The van der Waals surface area contributed by atoms with Gasteiger partial charge in [-0.15, -0.1) is 0 Å². The quantitative estimate of drug-likeness (QED) is 0.0162. The number of hydrogen-bond acceptors (Lipinski definition) is 26. The summed E-state index contributed by atoms with van der Waals surface area (Å²) in [5.74, 6) is 0.290. The molecule has 0 aromatic carbocycles. The third-order valence-corrected chi connectivity index (χ3v) is 22.2. The Hall–Kier alpha value is -10.8. The topological polar surface area (TPSA) is 408 Å². The molecule has 4 aliphatic carbocycles. The van der Waals surface area contributed by atoms with E-state index in [0.717, 1.165) is 187 Å². The standard InChI is InChI=1S/C22H32N6O3.C21H27N7O3.C20H30N6O2.C19H27N5O3/c1-23-21(30)18-15-28(16-6-3-2-4-7-16)20-17(19(18)29)14-25-22(26-20)24-8-5-9-27-10-12-31-13-11-27;1-31-26-20(30)17-13-28(15-6-3-2-4-7-15)19-16(18(17)29)12-24-21(25-19)23-8-5-10-27-11-9-22-14-27;1-21-19(28)16-13-26(14-8-5-4-6-9-14)18-15(17(16)27)12-23-20(24-18)22-10-7-11-25(2)3;1-20-18(26)15-12-24(13-7-4-3-5-8-13)17-14(16(15)25)11-22-19(23-17)21-9-6-10-27-2/h14-16H,2-13H2,1H3,(H,23,30)(H,24,25,26);9,11-15H,2-8,10H2,1H3,(H,26,30)(H,23,24,25);12-14H,4-11H2,1-3H3,(H,21,28)(H,22,23,24);11-13H,3-10H2,1-2H3,(H,20,26)(H,21,22,23). The molecule has 9 aromatic heterocycles. The molecule has 14 rings (SSSR count). The first-order chi connectivity index (χ1) is 57.0. The van der Waals surface area contributed by atoms with E-state index in [1.54, 1.807) is 56.8 Å². The van der Waals surface area contributed by atoms with Crippen LogP contribution in [-0.2, 0) is 20.9 Å². The second kappa shape index (κ2) is 44.0. The minimum atomic E-state index is -0.569. The zero-order chi connectivity index (χ0) is 82.6. The van der Waals surface area contributed by atoms with Crippen molar-refractivity contribution < 1.29 is 33.5 Å². The number of pyridine rings is 4. The van der Waals surface area contributed by atoms with Crippen molar-refractivity contribution in [1.29, 1.82) is 0 Å². The first kappa shape index (κ1) is 87.1. The number of amides is 4. The predicted molar refractivity (Wildman–Crippen MR) is 451 cm³/mol. The first-order valence-electron chi connectivity index (χ1n) is 41.5. The molecule has 630 valence electrons. The molecule has 35 heteroatoms. The van der Waals surface area contributed by atoms with Crippen LogP contribution in [0.5, 0.6) is 0 Å². The molecule has 0 atom stereocenters. The molecular formula is C82H116N24O11. The van der Waals surface area contributed by atoms with Gasteiger partial charge >= 0.3 is 0 Å². The Morgan fingerprint density at radius 2 is 0.786 bits per heavy atom. The van der Waals surface area contributed by atoms with Gasteiger partial charge < -0.3 is 74.4 Å². The summed E-state index contributed by atoms with van der Waals surface area (Å²) in [6.07, 6.45) is 44.0. The summed E-state index contributed by atoms with van der Waals surface area (Å²) in [4.78, 5) is 150. The van der Waals surface area contributed by atoms with E-state index >= 15 is 0 Å². The molecule has 35 nitrogen and oxygen atoms in total. The highest BCUT2D eigenvalue weighted by Crippen LogP contribution is 2.35. The Kier molecular flexibility index (Phi) is 32.7. The van der Waals surface area contributed by atoms with E-state index in [2.05, 4.69) is 92.4 Å². The van der Waals surface area contributed by atoms with Crippen LogP contribution in [0.4, 0.5) is 23.8 Å². The Morgan fingerprint density at radius 3 is 1.10 bits per heavy atom. The van der Waals surface area contributed by atoms with E-state index in [9.17, 15) is 38.4 Å². The van der Waals surface area contributed by atoms with Gasteiger partial charge in [-0.3, -0.25) is 48.1 Å². The molecule has 0 spiro atoms. The second-order valence-electron chi connectivity index (χ2n) is 30.6. The van der Waals surface area contributed by atoms with Crippen LogP contribution in [0.3, 0.4) is 0 Å². The van der Waals surface area contributed by atoms with Gasteiger partial charge in [0.05, 0.1) is 48.2 Å². The fourth-order valence-electron chi connectivity index (χ4n) is 15.8. The van der Waals surface area contributed by atoms with Gasteiger partial charge in [0.25, 0.3) is 23.6 Å². The molecule has 4 amide bonds. The van der Waals surface area contributed by atoms with Crippen molar-refractivity contribution in [2.45, 2.75) is 185 Å². The minimum absolute atomic E-state index is 0.0320. The number of imidazole rings is 1. The van der Waals surface area contributed by atoms with E-state index in [-0.39, 0.29) is 80.4 Å². The summed E-state index contributed by atoms with van der Waals surface area (Å²) in [5, 5.41) is 22.1. The van der Waals surface area contributed by atoms with Gasteiger partial charge in [-0.1, -0.05) is 77.0 Å². The first-order valence-corrected chi connectivity index (χ1v) is 41.5. The molecular weight excluding hydrogens is 1500 g/mol. The summed E-state index contributed by atoms with van der Waals surface area (Å²) in [7, 11) is 11.7. The van der Waals surface area contributed by atoms with E-state index in [1.165, 1.54) is 66.3 Å². The molecule has 1 saturated heterocycles. The number of nitrogens with one attached hydrogen (secondary N) is 8. The lowest BCUT2D eigenvalue weighted by atomic mass is 9.95. The average molecular weight is 1610 g/mol. The maximum absolute atomic E-state index is 12.9. The van der Waals surface area contributed by atoms with Gasteiger partial charge in [0.2, 0.25) is 45.5 Å². The number of fused-ring (bicyclic) bond motifs is 4. The molecule has 5 aliphatic rings. The highest BCUT2D eigenvalue weighted by Gasteiger charge is 2.28. The highest BCUT2D eigenvalue weighted by atomic mass is 16.6. The zero-order valence-electron chi connectivity index (χ0n) is 68.8. The third kappa shape index (κ3) is 23.1. The van der Waals surface area contributed by atoms with Gasteiger partial charge in [0.1, 0.15) is 44.8 Å². The number of anilines is 4. The molecule has 8 N–H and O–H groups in total. The predicted octanol–water partition coefficient (Wildman–Crippen LogP) is 8.20. The van der Waals surface area contributed by atoms with Crippen molar-refractivity contribution in [3.05, 3.63) is 131 Å². The van der Waals surface area contributed by atoms with E-state index in [1.807, 2.05) is 43.1 Å². The van der Waals surface area contributed by atoms with Gasteiger partial charge in [0, 0.05) is 167 Å². The fourth-order valence-corrected chi connectivity index (χ4v) is 15.8. The fraction of sp³-hybridized carbons (Fsp3) is 0.573. The highest BCUT2D eigenvalue weighted by molar-refractivity contribution is 5.99. The summed E-state index contributed by atoms with van der Waals surface area (Å²) in [6, 6.07) is 0.914. The number of carbonyl (C=O) groups excluding carboxylic acids is 4. The van der Waals surface area contributed by atoms with Crippen LogP contribution in [0.2, 0.25) is 0 Å². The average Bonchev–Trinajstić information content (AvgIpc) is 0.868. The van der Waals surface area contributed by atoms with Crippen LogP contribution >= 0.6 is 0 Å². The van der Waals surface area contributed by atoms with E-state index < -0.39 is 11.3 Å². The van der Waals surface area contributed by atoms with Crippen LogP contribution in [0.1, 0.15) is 220 Å². The van der Waals surface area contributed by atoms with Crippen LogP contribution < -0.4 is 64.4 Å². The summed E-state index contributed by atoms with van der Waals surface area (Å²) >= 11 is 0. The van der Waals surface area contributed by atoms with Crippen molar-refractivity contribution in [2.75, 3.05) is 143 Å². The van der Waals surface area contributed by atoms with Crippen molar-refractivity contribution in [1.82, 2.24) is 98.9 Å². The molecule has 0 bridgehead atoms. The molecule has 4 saturated carbocycles. The minimum Gasteiger partial charge on any atom is -0.385 e. The van der Waals surface area contributed by atoms with Crippen LogP contribution in [0.15, 0.2) is 87.5 Å². The van der Waals surface area contributed by atoms with Crippen LogP contribution in [-0.4, -0.2) is 223 Å². The number of morpholine rings is 1. The maximum Gasteiger partial charge on any atom is 0.280 e. The smallest absolute Gasteiger partial charge is 0.280 e. The molecule has 0 unspecified atom stereocenters. The Balaban J connectivity index is 0.000000153. The van der Waals surface area contributed by atoms with Crippen molar-refractivity contribution >= 4 is 91.6 Å². The van der Waals surface area contributed by atoms with Gasteiger partial charge in [0.15, 0.2) is 0 Å². The van der Waals surface area contributed by atoms with E-state index in [4.69, 9.17) is 19.3 Å². The lowest BCUT2D eigenvalue weighted by Crippen LogP contribution is -2.37. The van der Waals surface area contributed by atoms with Crippen molar-refractivity contribution in [3.8, 4) is 0 Å². The van der Waals surface area contributed by atoms with Gasteiger partial charge in [-0.25, -0.2) is 30.4 Å². The normalized spacial score (nSPS) is 15.8. The number of methoxy groups -OCH3 is 1. The number of nitrogens with zero attached hydrogens (tertiary/aromatic N) is 16. The van der Waals surface area contributed by atoms with Crippen molar-refractivity contribution in [2.24, 2.45) is 0 Å². The number of rotatable bonds is 29.